The summed E-state index contributed by atoms with van der Waals surface area (Å²) in [4.78, 5) is 17.6. The van der Waals surface area contributed by atoms with Crippen LogP contribution in [0.2, 0.25) is 5.15 Å². The van der Waals surface area contributed by atoms with Crippen LogP contribution in [0.15, 0.2) is 43.4 Å². The number of carbonyl (C=O) groups is 1. The molecule has 0 aliphatic carbocycles. The average Bonchev–Trinajstić information content (AvgIpc) is 2.89. The van der Waals surface area contributed by atoms with Crippen molar-refractivity contribution >= 4 is 23.3 Å². The first-order valence-electron chi connectivity index (χ1n) is 6.49. The van der Waals surface area contributed by atoms with Crippen molar-refractivity contribution in [3.8, 4) is 5.69 Å². The molecule has 0 unspecified atom stereocenters. The maximum absolute atomic E-state index is 12.1. The number of carbonyl (C=O) groups excluding carboxylic acids is 1. The van der Waals surface area contributed by atoms with E-state index >= 15 is 0 Å². The number of urea groups is 1. The van der Waals surface area contributed by atoms with Crippen LogP contribution in [0.5, 0.6) is 0 Å². The molecule has 2 aromatic heterocycles. The molecule has 2 aromatic rings. The second-order valence-corrected chi connectivity index (χ2v) is 4.54. The summed E-state index contributed by atoms with van der Waals surface area (Å²) in [5.41, 5.74) is 1.32. The van der Waals surface area contributed by atoms with Crippen molar-refractivity contribution in [1.82, 2.24) is 20.1 Å². The fraction of sp³-hybridized carbons (Fsp3) is 0.214. The number of anilines is 1. The maximum Gasteiger partial charge on any atom is 0.322 e. The van der Waals surface area contributed by atoms with E-state index < -0.39 is 0 Å². The van der Waals surface area contributed by atoms with E-state index in [9.17, 15) is 4.79 Å². The van der Waals surface area contributed by atoms with Gasteiger partial charge >= 0.3 is 6.03 Å². The van der Waals surface area contributed by atoms with Crippen molar-refractivity contribution in [3.05, 3.63) is 48.5 Å². The van der Waals surface area contributed by atoms with Gasteiger partial charge in [0.2, 0.25) is 0 Å². The Kier molecular flexibility index (Phi) is 4.94. The maximum atomic E-state index is 12.1. The van der Waals surface area contributed by atoms with Crippen molar-refractivity contribution < 1.29 is 4.79 Å². The first-order valence-corrected chi connectivity index (χ1v) is 6.87. The number of rotatable bonds is 5. The van der Waals surface area contributed by atoms with Gasteiger partial charge in [-0.25, -0.2) is 9.48 Å². The molecular weight excluding hydrogens is 290 g/mol. The minimum absolute atomic E-state index is 0.245. The Morgan fingerprint density at radius 3 is 3.05 bits per heavy atom. The van der Waals surface area contributed by atoms with Gasteiger partial charge in [0, 0.05) is 19.3 Å². The van der Waals surface area contributed by atoms with E-state index in [4.69, 9.17) is 11.6 Å². The SMILES string of the molecule is C=CCNC(=O)N(CC)c1cn(-c2cccnc2)nc1Cl. The summed E-state index contributed by atoms with van der Waals surface area (Å²) in [6.45, 7) is 6.30. The lowest BCUT2D eigenvalue weighted by atomic mass is 10.4. The first-order chi connectivity index (χ1) is 10.2. The van der Waals surface area contributed by atoms with Crippen LogP contribution < -0.4 is 10.2 Å². The van der Waals surface area contributed by atoms with Gasteiger partial charge in [-0.15, -0.1) is 6.58 Å². The van der Waals surface area contributed by atoms with E-state index in [2.05, 4.69) is 22.0 Å². The van der Waals surface area contributed by atoms with Crippen LogP contribution in [0.4, 0.5) is 10.5 Å². The molecule has 21 heavy (non-hydrogen) atoms. The molecule has 2 heterocycles. The second kappa shape index (κ2) is 6.90. The number of aromatic nitrogens is 3. The molecule has 0 spiro atoms. The number of nitrogens with zero attached hydrogens (tertiary/aromatic N) is 4. The average molecular weight is 306 g/mol. The Bertz CT molecular complexity index is 626. The second-order valence-electron chi connectivity index (χ2n) is 4.18. The number of halogens is 1. The lowest BCUT2D eigenvalue weighted by molar-refractivity contribution is 0.247. The van der Waals surface area contributed by atoms with Crippen LogP contribution in [0.3, 0.4) is 0 Å². The molecule has 7 heteroatoms. The van der Waals surface area contributed by atoms with Gasteiger partial charge in [-0.3, -0.25) is 9.88 Å². The molecule has 1 N–H and O–H groups in total. The number of nitrogens with one attached hydrogen (secondary N) is 1. The third kappa shape index (κ3) is 3.41. The molecule has 6 nitrogen and oxygen atoms in total. The summed E-state index contributed by atoms with van der Waals surface area (Å²) < 4.78 is 1.59. The van der Waals surface area contributed by atoms with Crippen LogP contribution in [0, 0.1) is 0 Å². The van der Waals surface area contributed by atoms with Crippen LogP contribution in [0.25, 0.3) is 5.69 Å². The fourth-order valence-corrected chi connectivity index (χ4v) is 2.06. The molecule has 0 aliphatic rings. The summed E-state index contributed by atoms with van der Waals surface area (Å²) in [7, 11) is 0. The largest absolute Gasteiger partial charge is 0.334 e. The van der Waals surface area contributed by atoms with Gasteiger partial charge in [-0.1, -0.05) is 17.7 Å². The zero-order chi connectivity index (χ0) is 15.2. The monoisotopic (exact) mass is 305 g/mol. The minimum atomic E-state index is -0.245. The summed E-state index contributed by atoms with van der Waals surface area (Å²) in [5, 5.41) is 7.19. The highest BCUT2D eigenvalue weighted by molar-refractivity contribution is 6.32. The molecule has 110 valence electrons. The molecular formula is C14H16ClN5O. The molecule has 0 saturated carbocycles. The van der Waals surface area contributed by atoms with E-state index in [0.717, 1.165) is 5.69 Å². The normalized spacial score (nSPS) is 10.2. The molecule has 2 rings (SSSR count). The highest BCUT2D eigenvalue weighted by Crippen LogP contribution is 2.25. The summed E-state index contributed by atoms with van der Waals surface area (Å²) in [6, 6.07) is 3.41. The van der Waals surface area contributed by atoms with Gasteiger partial charge in [0.15, 0.2) is 5.15 Å². The highest BCUT2D eigenvalue weighted by Gasteiger charge is 2.19. The standard InChI is InChI=1S/C14H16ClN5O/c1-3-7-17-14(21)19(4-2)12-10-20(18-13(12)15)11-6-5-8-16-9-11/h3,5-6,8-10H,1,4,7H2,2H3,(H,17,21). The van der Waals surface area contributed by atoms with Crippen LogP contribution in [0.1, 0.15) is 6.92 Å². The topological polar surface area (TPSA) is 63.1 Å². The molecule has 0 aliphatic heterocycles. The molecule has 0 bridgehead atoms. The van der Waals surface area contributed by atoms with Gasteiger partial charge in [0.25, 0.3) is 0 Å². The smallest absolute Gasteiger partial charge is 0.322 e. The lowest BCUT2D eigenvalue weighted by Gasteiger charge is -2.19. The third-order valence-corrected chi connectivity index (χ3v) is 3.08. The van der Waals surface area contributed by atoms with Gasteiger partial charge in [0.05, 0.1) is 18.1 Å². The molecule has 0 aromatic carbocycles. The Balaban J connectivity index is 2.28. The molecule has 0 saturated heterocycles. The van der Waals surface area contributed by atoms with Gasteiger partial charge in [-0.05, 0) is 19.1 Å². The minimum Gasteiger partial charge on any atom is -0.334 e. The van der Waals surface area contributed by atoms with Gasteiger partial charge in [0.1, 0.15) is 5.69 Å². The lowest BCUT2D eigenvalue weighted by Crippen LogP contribution is -2.40. The van der Waals surface area contributed by atoms with Crippen molar-refractivity contribution in [2.45, 2.75) is 6.92 Å². The Labute approximate surface area is 128 Å². The fourth-order valence-electron chi connectivity index (χ4n) is 1.82. The molecule has 2 amide bonds. The predicted molar refractivity (Wildman–Crippen MR) is 83.0 cm³/mol. The molecule has 0 fully saturated rings. The highest BCUT2D eigenvalue weighted by atomic mass is 35.5. The summed E-state index contributed by atoms with van der Waals surface area (Å²) >= 11 is 6.15. The van der Waals surface area contributed by atoms with E-state index in [1.54, 1.807) is 35.4 Å². The van der Waals surface area contributed by atoms with Crippen LogP contribution >= 0.6 is 11.6 Å². The summed E-state index contributed by atoms with van der Waals surface area (Å²) in [5.74, 6) is 0. The van der Waals surface area contributed by atoms with E-state index in [1.807, 2.05) is 13.0 Å². The Hall–Kier alpha value is -2.34. The van der Waals surface area contributed by atoms with Crippen LogP contribution in [-0.4, -0.2) is 33.9 Å². The number of pyridine rings is 1. The van der Waals surface area contributed by atoms with Gasteiger partial charge < -0.3 is 5.32 Å². The van der Waals surface area contributed by atoms with E-state index in [0.29, 0.717) is 18.8 Å². The van der Waals surface area contributed by atoms with E-state index in [-0.39, 0.29) is 11.2 Å². The van der Waals surface area contributed by atoms with Crippen molar-refractivity contribution in [1.29, 1.82) is 0 Å². The Morgan fingerprint density at radius 2 is 2.43 bits per heavy atom. The first kappa shape index (κ1) is 15.1. The van der Waals surface area contributed by atoms with Crippen molar-refractivity contribution in [2.75, 3.05) is 18.0 Å². The van der Waals surface area contributed by atoms with Crippen molar-refractivity contribution in [2.24, 2.45) is 0 Å². The number of hydrogen-bond acceptors (Lipinski definition) is 3. The Morgan fingerprint density at radius 1 is 1.62 bits per heavy atom. The molecule has 0 radical (unpaired) electrons. The third-order valence-electron chi connectivity index (χ3n) is 2.81. The molecule has 0 atom stereocenters. The zero-order valence-electron chi connectivity index (χ0n) is 11.7. The quantitative estimate of drug-likeness (QED) is 0.864. The van der Waals surface area contributed by atoms with Gasteiger partial charge in [-0.2, -0.15) is 5.10 Å². The predicted octanol–water partition coefficient (Wildman–Crippen LogP) is 2.64. The zero-order valence-corrected chi connectivity index (χ0v) is 12.4. The summed E-state index contributed by atoms with van der Waals surface area (Å²) in [6.07, 6.45) is 6.67. The number of hydrogen-bond donors (Lipinski definition) is 1. The van der Waals surface area contributed by atoms with E-state index in [1.165, 1.54) is 4.90 Å². The van der Waals surface area contributed by atoms with Crippen LogP contribution in [-0.2, 0) is 0 Å². The number of amides is 2. The van der Waals surface area contributed by atoms with Crippen molar-refractivity contribution in [3.63, 3.8) is 0 Å².